The number of anilines is 1. The second-order valence-electron chi connectivity index (χ2n) is 5.77. The van der Waals surface area contributed by atoms with Gasteiger partial charge < -0.3 is 10.0 Å². The summed E-state index contributed by atoms with van der Waals surface area (Å²) in [6, 6.07) is 2.76. The van der Waals surface area contributed by atoms with Gasteiger partial charge in [0, 0.05) is 25.3 Å². The van der Waals surface area contributed by atoms with Gasteiger partial charge in [0.25, 0.3) is 0 Å². The Morgan fingerprint density at radius 3 is 2.79 bits per heavy atom. The van der Waals surface area contributed by atoms with Crippen molar-refractivity contribution in [2.45, 2.75) is 38.8 Å². The maximum absolute atomic E-state index is 9.14. The fraction of sp³-hybridized carbons (Fsp3) is 0.667. The van der Waals surface area contributed by atoms with Gasteiger partial charge in [-0.1, -0.05) is 0 Å². The molecule has 0 spiro atoms. The summed E-state index contributed by atoms with van der Waals surface area (Å²) in [5.41, 5.74) is 2.07. The van der Waals surface area contributed by atoms with Crippen LogP contribution < -0.4 is 4.90 Å². The first-order valence-electron chi connectivity index (χ1n) is 7.33. The lowest BCUT2D eigenvalue weighted by Crippen LogP contribution is -2.35. The fourth-order valence-corrected chi connectivity index (χ4v) is 3.38. The smallest absolute Gasteiger partial charge is 0.131 e. The third kappa shape index (κ3) is 2.60. The van der Waals surface area contributed by atoms with Crippen molar-refractivity contribution in [1.82, 2.24) is 9.88 Å². The number of nitrogens with zero attached hydrogens (tertiary/aromatic N) is 3. The van der Waals surface area contributed by atoms with Crippen LogP contribution in [0.3, 0.4) is 0 Å². The molecule has 0 aliphatic carbocycles. The van der Waals surface area contributed by atoms with Gasteiger partial charge in [0.2, 0.25) is 0 Å². The molecular formula is C15H23N3O. The van der Waals surface area contributed by atoms with Crippen LogP contribution >= 0.6 is 0 Å². The van der Waals surface area contributed by atoms with Crippen molar-refractivity contribution < 1.29 is 5.11 Å². The molecule has 0 bridgehead atoms. The number of aliphatic hydroxyl groups excluding tert-OH is 1. The van der Waals surface area contributed by atoms with Gasteiger partial charge in [-0.15, -0.1) is 0 Å². The Morgan fingerprint density at radius 2 is 2.11 bits per heavy atom. The van der Waals surface area contributed by atoms with Gasteiger partial charge in [-0.3, -0.25) is 4.90 Å². The summed E-state index contributed by atoms with van der Waals surface area (Å²) in [5.74, 6) is 1.10. The topological polar surface area (TPSA) is 39.6 Å². The van der Waals surface area contributed by atoms with E-state index in [1.165, 1.54) is 37.9 Å². The van der Waals surface area contributed by atoms with Gasteiger partial charge in [-0.25, -0.2) is 4.98 Å². The van der Waals surface area contributed by atoms with E-state index in [9.17, 15) is 0 Å². The molecule has 3 heterocycles. The third-order valence-electron chi connectivity index (χ3n) is 4.41. The minimum Gasteiger partial charge on any atom is -0.392 e. The van der Waals surface area contributed by atoms with Crippen LogP contribution in [0.2, 0.25) is 0 Å². The molecule has 2 aliphatic rings. The normalized spacial score (nSPS) is 24.3. The number of likely N-dealkylation sites (tertiary alicyclic amines) is 1. The van der Waals surface area contributed by atoms with E-state index >= 15 is 0 Å². The van der Waals surface area contributed by atoms with Gasteiger partial charge in [0.05, 0.1) is 6.61 Å². The summed E-state index contributed by atoms with van der Waals surface area (Å²) in [4.78, 5) is 9.58. The summed E-state index contributed by atoms with van der Waals surface area (Å²) in [6.07, 6.45) is 5.77. The van der Waals surface area contributed by atoms with Gasteiger partial charge >= 0.3 is 0 Å². The van der Waals surface area contributed by atoms with E-state index in [0.29, 0.717) is 6.04 Å². The molecule has 1 aromatic rings. The monoisotopic (exact) mass is 261 g/mol. The van der Waals surface area contributed by atoms with Gasteiger partial charge in [-0.05, 0) is 56.5 Å². The first kappa shape index (κ1) is 12.9. The number of aliphatic hydroxyl groups is 1. The van der Waals surface area contributed by atoms with E-state index < -0.39 is 0 Å². The number of aromatic nitrogens is 1. The van der Waals surface area contributed by atoms with Crippen LogP contribution in [-0.2, 0) is 6.61 Å². The Balaban J connectivity index is 1.70. The SMILES string of the molecule is Cc1cc(CO)cnc1N1CCC(N2CCCC2)C1. The average molecular weight is 261 g/mol. The van der Waals surface area contributed by atoms with E-state index in [1.807, 2.05) is 6.07 Å². The fourth-order valence-electron chi connectivity index (χ4n) is 3.38. The van der Waals surface area contributed by atoms with E-state index in [2.05, 4.69) is 21.7 Å². The zero-order valence-electron chi connectivity index (χ0n) is 11.7. The molecule has 104 valence electrons. The molecule has 4 heteroatoms. The standard InChI is InChI=1S/C15H23N3O/c1-12-8-13(11-19)9-16-15(12)18-7-4-14(10-18)17-5-2-3-6-17/h8-9,14,19H,2-7,10-11H2,1H3. The van der Waals surface area contributed by atoms with E-state index in [-0.39, 0.29) is 6.61 Å². The molecule has 2 fully saturated rings. The molecule has 0 saturated carbocycles. The molecular weight excluding hydrogens is 238 g/mol. The minimum absolute atomic E-state index is 0.0739. The Hall–Kier alpha value is -1.13. The third-order valence-corrected chi connectivity index (χ3v) is 4.41. The molecule has 2 aliphatic heterocycles. The van der Waals surface area contributed by atoms with Crippen molar-refractivity contribution in [3.05, 3.63) is 23.4 Å². The van der Waals surface area contributed by atoms with Crippen molar-refractivity contribution in [2.75, 3.05) is 31.1 Å². The molecule has 4 nitrogen and oxygen atoms in total. The van der Waals surface area contributed by atoms with Gasteiger partial charge in [0.15, 0.2) is 0 Å². The van der Waals surface area contributed by atoms with Crippen LogP contribution in [0.25, 0.3) is 0 Å². The number of aryl methyl sites for hydroxylation is 1. The van der Waals surface area contributed by atoms with Crippen LogP contribution in [0.5, 0.6) is 0 Å². The number of hydrogen-bond donors (Lipinski definition) is 1. The van der Waals surface area contributed by atoms with Gasteiger partial charge in [-0.2, -0.15) is 0 Å². The Labute approximate surface area is 115 Å². The van der Waals surface area contributed by atoms with Gasteiger partial charge in [0.1, 0.15) is 5.82 Å². The second kappa shape index (κ2) is 5.47. The zero-order valence-corrected chi connectivity index (χ0v) is 11.7. The summed E-state index contributed by atoms with van der Waals surface area (Å²) >= 11 is 0. The highest BCUT2D eigenvalue weighted by molar-refractivity contribution is 5.48. The molecule has 19 heavy (non-hydrogen) atoms. The molecule has 0 aromatic carbocycles. The van der Waals surface area contributed by atoms with Crippen LogP contribution in [0.15, 0.2) is 12.3 Å². The first-order chi connectivity index (χ1) is 9.28. The van der Waals surface area contributed by atoms with Crippen LogP contribution in [0.4, 0.5) is 5.82 Å². The Kier molecular flexibility index (Phi) is 3.71. The van der Waals surface area contributed by atoms with Crippen LogP contribution in [0, 0.1) is 6.92 Å². The predicted molar refractivity (Wildman–Crippen MR) is 76.3 cm³/mol. The van der Waals surface area contributed by atoms with Crippen LogP contribution in [0.1, 0.15) is 30.4 Å². The lowest BCUT2D eigenvalue weighted by molar-refractivity contribution is 0.260. The zero-order chi connectivity index (χ0) is 13.2. The quantitative estimate of drug-likeness (QED) is 0.896. The van der Waals surface area contributed by atoms with E-state index in [4.69, 9.17) is 5.11 Å². The second-order valence-corrected chi connectivity index (χ2v) is 5.77. The van der Waals surface area contributed by atoms with Crippen molar-refractivity contribution in [2.24, 2.45) is 0 Å². The Morgan fingerprint density at radius 1 is 1.32 bits per heavy atom. The maximum Gasteiger partial charge on any atom is 0.131 e. The average Bonchev–Trinajstić information content (AvgIpc) is 3.09. The Bertz CT molecular complexity index is 443. The van der Waals surface area contributed by atoms with Crippen molar-refractivity contribution >= 4 is 5.82 Å². The first-order valence-corrected chi connectivity index (χ1v) is 7.33. The highest BCUT2D eigenvalue weighted by Crippen LogP contribution is 2.26. The largest absolute Gasteiger partial charge is 0.392 e. The molecule has 3 rings (SSSR count). The molecule has 2 saturated heterocycles. The molecule has 1 unspecified atom stereocenters. The van der Waals surface area contributed by atoms with Crippen molar-refractivity contribution in [3.63, 3.8) is 0 Å². The highest BCUT2D eigenvalue weighted by atomic mass is 16.3. The minimum atomic E-state index is 0.0739. The van der Waals surface area contributed by atoms with Crippen molar-refractivity contribution in [3.8, 4) is 0 Å². The number of pyridine rings is 1. The van der Waals surface area contributed by atoms with E-state index in [1.54, 1.807) is 6.20 Å². The molecule has 0 amide bonds. The molecule has 1 atom stereocenters. The molecule has 1 aromatic heterocycles. The lowest BCUT2D eigenvalue weighted by atomic mass is 10.2. The number of hydrogen-bond acceptors (Lipinski definition) is 4. The summed E-state index contributed by atoms with van der Waals surface area (Å²) in [6.45, 7) is 6.91. The highest BCUT2D eigenvalue weighted by Gasteiger charge is 2.30. The van der Waals surface area contributed by atoms with E-state index in [0.717, 1.165) is 24.5 Å². The molecule has 0 radical (unpaired) electrons. The summed E-state index contributed by atoms with van der Waals surface area (Å²) < 4.78 is 0. The predicted octanol–water partition coefficient (Wildman–Crippen LogP) is 1.56. The molecule has 1 N–H and O–H groups in total. The van der Waals surface area contributed by atoms with Crippen molar-refractivity contribution in [1.29, 1.82) is 0 Å². The number of rotatable bonds is 3. The maximum atomic E-state index is 9.14. The summed E-state index contributed by atoms with van der Waals surface area (Å²) in [7, 11) is 0. The lowest BCUT2D eigenvalue weighted by Gasteiger charge is -2.24. The van der Waals surface area contributed by atoms with Crippen LogP contribution in [-0.4, -0.2) is 47.2 Å². The summed E-state index contributed by atoms with van der Waals surface area (Å²) in [5, 5.41) is 9.14.